The van der Waals surface area contributed by atoms with Crippen LogP contribution in [-0.2, 0) is 33.4 Å². The van der Waals surface area contributed by atoms with Gasteiger partial charge in [0.25, 0.3) is 0 Å². The number of piperidine rings is 1. The van der Waals surface area contributed by atoms with Crippen molar-refractivity contribution in [2.24, 2.45) is 11.3 Å². The Morgan fingerprint density at radius 1 is 1.04 bits per heavy atom. The molecule has 8 heteroatoms. The van der Waals surface area contributed by atoms with E-state index in [2.05, 4.69) is 0 Å². The molecular formula is C15H23NO7. The Bertz CT molecular complexity index is 470. The summed E-state index contributed by atoms with van der Waals surface area (Å²) in [5, 5.41) is 0. The number of ether oxygens (including phenoxy) is 3. The maximum Gasteiger partial charge on any atom is 0.325 e. The molecule has 1 aliphatic heterocycles. The lowest BCUT2D eigenvalue weighted by Gasteiger charge is -2.39. The van der Waals surface area contributed by atoms with Gasteiger partial charge in [-0.3, -0.25) is 19.2 Å². The average Bonchev–Trinajstić information content (AvgIpc) is 2.50. The van der Waals surface area contributed by atoms with Crippen LogP contribution in [0.5, 0.6) is 0 Å². The Balaban J connectivity index is 3.22. The van der Waals surface area contributed by atoms with Gasteiger partial charge in [0, 0.05) is 13.6 Å². The normalized spacial score (nSPS) is 19.9. The van der Waals surface area contributed by atoms with Gasteiger partial charge in [-0.1, -0.05) is 0 Å². The van der Waals surface area contributed by atoms with Crippen molar-refractivity contribution in [2.45, 2.75) is 27.2 Å². The van der Waals surface area contributed by atoms with Crippen LogP contribution in [0, 0.1) is 11.3 Å². The minimum Gasteiger partial charge on any atom is -0.465 e. The molecule has 0 aromatic heterocycles. The van der Waals surface area contributed by atoms with Crippen molar-refractivity contribution < 1.29 is 33.4 Å². The predicted octanol–water partition coefficient (Wildman–Crippen LogP) is 0.140. The fourth-order valence-electron chi connectivity index (χ4n) is 2.59. The predicted molar refractivity (Wildman–Crippen MR) is 78.1 cm³/mol. The summed E-state index contributed by atoms with van der Waals surface area (Å²) >= 11 is 0. The van der Waals surface area contributed by atoms with E-state index >= 15 is 0 Å². The smallest absolute Gasteiger partial charge is 0.325 e. The highest BCUT2D eigenvalue weighted by Gasteiger charge is 2.57. The van der Waals surface area contributed by atoms with Crippen LogP contribution in [0.25, 0.3) is 0 Å². The van der Waals surface area contributed by atoms with Gasteiger partial charge in [0.2, 0.25) is 5.91 Å². The quantitative estimate of drug-likeness (QED) is 0.388. The molecule has 8 nitrogen and oxygen atoms in total. The lowest BCUT2D eigenvalue weighted by Crippen LogP contribution is -2.59. The second kappa shape index (κ2) is 7.94. The Labute approximate surface area is 135 Å². The standard InChI is InChI=1S/C15H23NO7/c1-5-21-12(18)10-8-15(13(19)22-6-2,14(20)23-7-3)9-16(4)11(10)17/h10H,5-9H2,1-4H3. The lowest BCUT2D eigenvalue weighted by atomic mass is 9.75. The SMILES string of the molecule is CCOC(=O)C1CC(C(=O)OCC)(C(=O)OCC)CN(C)C1=O. The summed E-state index contributed by atoms with van der Waals surface area (Å²) in [6.07, 6.45) is -0.313. The number of carbonyl (C=O) groups excluding carboxylic acids is 4. The van der Waals surface area contributed by atoms with Gasteiger partial charge in [0.05, 0.1) is 19.8 Å². The number of hydrogen-bond acceptors (Lipinski definition) is 7. The molecule has 1 unspecified atom stereocenters. The molecule has 1 atom stereocenters. The molecule has 0 radical (unpaired) electrons. The Morgan fingerprint density at radius 2 is 1.52 bits per heavy atom. The molecule has 1 amide bonds. The van der Waals surface area contributed by atoms with E-state index in [0.717, 1.165) is 0 Å². The highest BCUT2D eigenvalue weighted by atomic mass is 16.6. The number of hydrogen-bond donors (Lipinski definition) is 0. The number of carbonyl (C=O) groups is 4. The maximum atomic E-state index is 12.4. The van der Waals surface area contributed by atoms with Gasteiger partial charge >= 0.3 is 17.9 Å². The fourth-order valence-corrected chi connectivity index (χ4v) is 2.59. The van der Waals surface area contributed by atoms with Crippen LogP contribution in [-0.4, -0.2) is 62.1 Å². The molecule has 1 aliphatic rings. The molecule has 0 saturated carbocycles. The van der Waals surface area contributed by atoms with Gasteiger partial charge in [0.15, 0.2) is 5.41 Å². The molecule has 0 aliphatic carbocycles. The zero-order valence-corrected chi connectivity index (χ0v) is 13.9. The zero-order chi connectivity index (χ0) is 17.6. The van der Waals surface area contributed by atoms with Crippen molar-refractivity contribution in [3.63, 3.8) is 0 Å². The van der Waals surface area contributed by atoms with Gasteiger partial charge in [-0.05, 0) is 27.2 Å². The molecule has 0 spiro atoms. The molecule has 1 rings (SSSR count). The van der Waals surface area contributed by atoms with Gasteiger partial charge in [-0.25, -0.2) is 0 Å². The largest absolute Gasteiger partial charge is 0.465 e. The molecule has 23 heavy (non-hydrogen) atoms. The van der Waals surface area contributed by atoms with Crippen LogP contribution in [0.3, 0.4) is 0 Å². The van der Waals surface area contributed by atoms with E-state index in [1.807, 2.05) is 0 Å². The lowest BCUT2D eigenvalue weighted by molar-refractivity contribution is -0.181. The van der Waals surface area contributed by atoms with E-state index in [-0.39, 0.29) is 32.8 Å². The van der Waals surface area contributed by atoms with Gasteiger partial charge in [-0.2, -0.15) is 0 Å². The first-order valence-corrected chi connectivity index (χ1v) is 7.60. The number of amides is 1. The van der Waals surface area contributed by atoms with Crippen LogP contribution in [0.4, 0.5) is 0 Å². The van der Waals surface area contributed by atoms with Crippen molar-refractivity contribution in [3.8, 4) is 0 Å². The summed E-state index contributed by atoms with van der Waals surface area (Å²) in [7, 11) is 1.42. The topological polar surface area (TPSA) is 99.2 Å². The number of rotatable bonds is 6. The number of likely N-dealkylation sites (tertiary alicyclic amines) is 1. The van der Waals surface area contributed by atoms with Crippen LogP contribution in [0.2, 0.25) is 0 Å². The Kier molecular flexibility index (Phi) is 6.53. The summed E-state index contributed by atoms with van der Waals surface area (Å²) in [4.78, 5) is 50.2. The first-order chi connectivity index (χ1) is 10.8. The van der Waals surface area contributed by atoms with Crippen LogP contribution >= 0.6 is 0 Å². The first kappa shape index (κ1) is 18.9. The summed E-state index contributed by atoms with van der Waals surface area (Å²) in [5.74, 6) is -4.09. The molecule has 0 N–H and O–H groups in total. The van der Waals surface area contributed by atoms with Crippen LogP contribution < -0.4 is 0 Å². The monoisotopic (exact) mass is 329 g/mol. The molecular weight excluding hydrogens is 306 g/mol. The van der Waals surface area contributed by atoms with Gasteiger partial charge in [-0.15, -0.1) is 0 Å². The molecule has 130 valence electrons. The number of nitrogens with zero attached hydrogens (tertiary/aromatic N) is 1. The van der Waals surface area contributed by atoms with Crippen molar-refractivity contribution in [1.29, 1.82) is 0 Å². The van der Waals surface area contributed by atoms with E-state index in [1.54, 1.807) is 20.8 Å². The third-order valence-electron chi connectivity index (χ3n) is 3.64. The third kappa shape index (κ3) is 3.80. The van der Waals surface area contributed by atoms with E-state index in [1.165, 1.54) is 11.9 Å². The van der Waals surface area contributed by atoms with Crippen LogP contribution in [0.15, 0.2) is 0 Å². The highest BCUT2D eigenvalue weighted by Crippen LogP contribution is 2.37. The minimum atomic E-state index is -1.72. The second-order valence-electron chi connectivity index (χ2n) is 5.23. The van der Waals surface area contributed by atoms with E-state index in [4.69, 9.17) is 14.2 Å². The summed E-state index contributed by atoms with van der Waals surface area (Å²) < 4.78 is 14.9. The minimum absolute atomic E-state index is 0.0712. The summed E-state index contributed by atoms with van der Waals surface area (Å²) in [5.41, 5.74) is -1.72. The molecule has 1 saturated heterocycles. The molecule has 1 heterocycles. The van der Waals surface area contributed by atoms with E-state index < -0.39 is 35.1 Å². The van der Waals surface area contributed by atoms with E-state index in [9.17, 15) is 19.2 Å². The molecule has 0 bridgehead atoms. The summed E-state index contributed by atoms with van der Waals surface area (Å²) in [6, 6.07) is 0. The van der Waals surface area contributed by atoms with Gasteiger partial charge < -0.3 is 19.1 Å². The Hall–Kier alpha value is -2.12. The number of esters is 3. The first-order valence-electron chi connectivity index (χ1n) is 7.60. The van der Waals surface area contributed by atoms with Crippen molar-refractivity contribution in [1.82, 2.24) is 4.90 Å². The van der Waals surface area contributed by atoms with Crippen molar-refractivity contribution in [3.05, 3.63) is 0 Å². The Morgan fingerprint density at radius 3 is 1.96 bits per heavy atom. The van der Waals surface area contributed by atoms with Crippen LogP contribution in [0.1, 0.15) is 27.2 Å². The third-order valence-corrected chi connectivity index (χ3v) is 3.64. The zero-order valence-electron chi connectivity index (χ0n) is 13.9. The molecule has 0 aromatic rings. The highest BCUT2D eigenvalue weighted by molar-refractivity contribution is 6.06. The van der Waals surface area contributed by atoms with Crippen molar-refractivity contribution >= 4 is 23.8 Å². The van der Waals surface area contributed by atoms with Gasteiger partial charge in [0.1, 0.15) is 5.92 Å². The molecule has 1 fully saturated rings. The van der Waals surface area contributed by atoms with Crippen molar-refractivity contribution in [2.75, 3.05) is 33.4 Å². The fraction of sp³-hybridized carbons (Fsp3) is 0.733. The second-order valence-corrected chi connectivity index (χ2v) is 5.23. The summed E-state index contributed by atoms with van der Waals surface area (Å²) in [6.45, 7) is 4.87. The molecule has 0 aromatic carbocycles. The maximum absolute atomic E-state index is 12.4. The van der Waals surface area contributed by atoms with E-state index in [0.29, 0.717) is 0 Å². The average molecular weight is 329 g/mol.